The number of hydrogen-bond donors (Lipinski definition) is 2. The first kappa shape index (κ1) is 50.9. The molecule has 0 spiro atoms. The molecule has 1 fully saturated rings. The SMILES string of the molecule is COCCO[C@@H]1[C@H](OP(=O)(O)CC[Si](C)(c2ccccc2)c2ccccc2)[C@@H](COC(c2ccccc2)(c2ccc(OC)cc2)c2ccc(OC)cc2)O[C@H]1n1ccc(NC(=O)c2ccccc2)nc1=O. The fourth-order valence-corrected chi connectivity index (χ4v) is 15.5. The van der Waals surface area contributed by atoms with Crippen molar-refractivity contribution in [1.29, 1.82) is 0 Å². The smallest absolute Gasteiger partial charge is 0.351 e. The topological polar surface area (TPSA) is 166 Å². The van der Waals surface area contributed by atoms with Crippen LogP contribution in [0, 0.1) is 0 Å². The molecule has 1 unspecified atom stereocenters. The van der Waals surface area contributed by atoms with Gasteiger partial charge < -0.3 is 38.6 Å². The molecule has 1 saturated heterocycles. The molecule has 14 nitrogen and oxygen atoms in total. The van der Waals surface area contributed by atoms with Gasteiger partial charge in [0.15, 0.2) is 6.23 Å². The van der Waals surface area contributed by atoms with Gasteiger partial charge in [-0.1, -0.05) is 150 Å². The number of nitrogens with one attached hydrogen (secondary N) is 1. The monoisotopic (exact) mass is 995 g/mol. The van der Waals surface area contributed by atoms with E-state index < -0.39 is 57.4 Å². The average molecular weight is 996 g/mol. The molecule has 368 valence electrons. The number of nitrogens with zero attached hydrogens (tertiary/aromatic N) is 2. The lowest BCUT2D eigenvalue weighted by molar-refractivity contribution is -0.0990. The molecule has 1 aromatic heterocycles. The van der Waals surface area contributed by atoms with Crippen LogP contribution in [0.1, 0.15) is 33.3 Å². The molecule has 5 atom stereocenters. The third kappa shape index (κ3) is 11.7. The van der Waals surface area contributed by atoms with E-state index in [0.717, 1.165) is 27.1 Å². The van der Waals surface area contributed by atoms with Crippen LogP contribution in [0.5, 0.6) is 11.5 Å². The van der Waals surface area contributed by atoms with Gasteiger partial charge in [-0.25, -0.2) is 4.79 Å². The molecule has 1 aliphatic heterocycles. The molecule has 16 heteroatoms. The molecular formula is C55H58N3O11PSi. The van der Waals surface area contributed by atoms with Crippen LogP contribution < -0.4 is 30.9 Å². The van der Waals surface area contributed by atoms with Crippen LogP contribution >= 0.6 is 7.60 Å². The van der Waals surface area contributed by atoms with E-state index in [2.05, 4.69) is 41.1 Å². The van der Waals surface area contributed by atoms with Gasteiger partial charge in [0, 0.05) is 25.0 Å². The largest absolute Gasteiger partial charge is 0.497 e. The van der Waals surface area contributed by atoms with Gasteiger partial charge in [0.05, 0.1) is 34.0 Å². The maximum absolute atomic E-state index is 14.9. The van der Waals surface area contributed by atoms with Crippen LogP contribution in [0.3, 0.4) is 0 Å². The van der Waals surface area contributed by atoms with Crippen LogP contribution in [-0.4, -0.2) is 94.0 Å². The van der Waals surface area contributed by atoms with E-state index in [1.165, 1.54) is 23.9 Å². The Morgan fingerprint density at radius 1 is 0.718 bits per heavy atom. The van der Waals surface area contributed by atoms with Crippen LogP contribution in [0.15, 0.2) is 187 Å². The quantitative estimate of drug-likeness (QED) is 0.0292. The van der Waals surface area contributed by atoms with Crippen LogP contribution in [0.25, 0.3) is 0 Å². The number of ether oxygens (including phenoxy) is 6. The van der Waals surface area contributed by atoms with Gasteiger partial charge in [-0.05, 0) is 65.2 Å². The van der Waals surface area contributed by atoms with Gasteiger partial charge in [0.1, 0.15) is 49.3 Å². The Balaban J connectivity index is 1.20. The summed E-state index contributed by atoms with van der Waals surface area (Å²) >= 11 is 0. The van der Waals surface area contributed by atoms with E-state index in [-0.39, 0.29) is 31.8 Å². The summed E-state index contributed by atoms with van der Waals surface area (Å²) in [5.74, 6) is 0.836. The summed E-state index contributed by atoms with van der Waals surface area (Å²) in [6.07, 6.45) is -3.62. The molecule has 2 N–H and O–H groups in total. The van der Waals surface area contributed by atoms with Crippen molar-refractivity contribution in [3.05, 3.63) is 215 Å². The predicted octanol–water partition coefficient (Wildman–Crippen LogP) is 7.91. The minimum Gasteiger partial charge on any atom is -0.497 e. The maximum atomic E-state index is 14.9. The van der Waals surface area contributed by atoms with E-state index in [4.69, 9.17) is 32.9 Å². The summed E-state index contributed by atoms with van der Waals surface area (Å²) < 4.78 is 59.8. The zero-order chi connectivity index (χ0) is 49.9. The summed E-state index contributed by atoms with van der Waals surface area (Å²) in [5, 5.41) is 4.89. The van der Waals surface area contributed by atoms with Gasteiger partial charge in [0.25, 0.3) is 5.91 Å². The molecular weight excluding hydrogens is 938 g/mol. The second-order valence-corrected chi connectivity index (χ2v) is 23.5. The lowest BCUT2D eigenvalue weighted by Gasteiger charge is -2.37. The normalized spacial score (nSPS) is 17.8. The summed E-state index contributed by atoms with van der Waals surface area (Å²) in [6.45, 7) is 2.10. The maximum Gasteiger partial charge on any atom is 0.351 e. The molecule has 0 radical (unpaired) electrons. The molecule has 2 heterocycles. The highest BCUT2D eigenvalue weighted by molar-refractivity contribution is 7.53. The number of methoxy groups -OCH3 is 3. The Kier molecular flexibility index (Phi) is 16.6. The Hall–Kier alpha value is -6.52. The number of hydrogen-bond acceptors (Lipinski definition) is 11. The summed E-state index contributed by atoms with van der Waals surface area (Å²) in [4.78, 5) is 43.6. The molecule has 1 amide bonds. The first-order valence-corrected chi connectivity index (χ1v) is 27.8. The fourth-order valence-electron chi connectivity index (χ4n) is 9.05. The van der Waals surface area contributed by atoms with Gasteiger partial charge in [-0.3, -0.25) is 18.5 Å². The molecule has 71 heavy (non-hydrogen) atoms. The Bertz CT molecular complexity index is 2830. The van der Waals surface area contributed by atoms with Gasteiger partial charge in [0.2, 0.25) is 0 Å². The zero-order valence-electron chi connectivity index (χ0n) is 40.0. The van der Waals surface area contributed by atoms with E-state index >= 15 is 0 Å². The number of rotatable bonds is 22. The summed E-state index contributed by atoms with van der Waals surface area (Å²) in [7, 11) is -2.43. The molecule has 8 rings (SSSR count). The number of carbonyl (C=O) groups is 1. The molecule has 6 aromatic carbocycles. The van der Waals surface area contributed by atoms with E-state index in [1.807, 2.05) is 115 Å². The molecule has 0 bridgehead atoms. The van der Waals surface area contributed by atoms with Crippen molar-refractivity contribution in [3.63, 3.8) is 0 Å². The number of aromatic nitrogens is 2. The lowest BCUT2D eigenvalue weighted by Crippen LogP contribution is -2.56. The minimum absolute atomic E-state index is 0.0102. The zero-order valence-corrected chi connectivity index (χ0v) is 41.9. The third-order valence-electron chi connectivity index (χ3n) is 12.9. The molecule has 0 saturated carbocycles. The lowest BCUT2D eigenvalue weighted by atomic mass is 9.80. The Morgan fingerprint density at radius 3 is 1.76 bits per heavy atom. The first-order valence-electron chi connectivity index (χ1n) is 23.3. The number of carbonyl (C=O) groups excluding carboxylic acids is 1. The van der Waals surface area contributed by atoms with Crippen molar-refractivity contribution in [2.75, 3.05) is 52.6 Å². The average Bonchev–Trinajstić information content (AvgIpc) is 3.74. The first-order chi connectivity index (χ1) is 34.5. The fraction of sp³-hybridized carbons (Fsp3) is 0.255. The summed E-state index contributed by atoms with van der Waals surface area (Å²) in [5.41, 5.74) is 0.520. The number of benzene rings is 6. The van der Waals surface area contributed by atoms with E-state index in [0.29, 0.717) is 23.1 Å². The minimum atomic E-state index is -4.52. The third-order valence-corrected chi connectivity index (χ3v) is 19.2. The molecule has 1 aliphatic rings. The van der Waals surface area contributed by atoms with Gasteiger partial charge >= 0.3 is 13.3 Å². The predicted molar refractivity (Wildman–Crippen MR) is 275 cm³/mol. The van der Waals surface area contributed by atoms with Crippen molar-refractivity contribution in [2.45, 2.75) is 42.7 Å². The van der Waals surface area contributed by atoms with Gasteiger partial charge in [-0.2, -0.15) is 4.98 Å². The second kappa shape index (κ2) is 23.1. The standard InChI is InChI=1S/C55H58N3O11PSi/c1-63-35-36-66-51-50(69-70(61,62)37-38-71(4,46-21-13-7-14-22-46)47-23-15-8-16-24-47)48(68-53(51)58-34-33-49(57-54(58)60)56-52(59)40-17-9-5-10-18-40)39-67-55(41-19-11-6-12-20-41,42-25-29-44(64-2)30-26-42)43-27-31-45(65-3)32-28-43/h5-34,48,50-51,53H,35-39H2,1-4H3,(H,61,62)(H,56,57,59,60)/t48-,50-,51-,53-/m1/s1. The second-order valence-electron chi connectivity index (χ2n) is 17.3. The van der Waals surface area contributed by atoms with Crippen LogP contribution in [0.2, 0.25) is 12.6 Å². The highest BCUT2D eigenvalue weighted by Crippen LogP contribution is 2.50. The Morgan fingerprint density at radius 2 is 1.24 bits per heavy atom. The highest BCUT2D eigenvalue weighted by Gasteiger charge is 2.52. The van der Waals surface area contributed by atoms with Crippen molar-refractivity contribution in [1.82, 2.24) is 9.55 Å². The van der Waals surface area contributed by atoms with Gasteiger partial charge in [-0.15, -0.1) is 0 Å². The van der Waals surface area contributed by atoms with Crippen molar-refractivity contribution in [2.24, 2.45) is 0 Å². The number of anilines is 1. The van der Waals surface area contributed by atoms with Crippen LogP contribution in [0.4, 0.5) is 5.82 Å². The van der Waals surface area contributed by atoms with Crippen molar-refractivity contribution < 1.29 is 47.2 Å². The van der Waals surface area contributed by atoms with E-state index in [9.17, 15) is 19.0 Å². The summed E-state index contributed by atoms with van der Waals surface area (Å²) in [6, 6.07) is 55.3. The van der Waals surface area contributed by atoms with Crippen molar-refractivity contribution >= 4 is 37.8 Å². The van der Waals surface area contributed by atoms with Crippen LogP contribution in [-0.2, 0) is 33.6 Å². The van der Waals surface area contributed by atoms with Crippen molar-refractivity contribution in [3.8, 4) is 11.5 Å². The Labute approximate surface area is 414 Å². The molecule has 0 aliphatic carbocycles. The number of amides is 1. The van der Waals surface area contributed by atoms with E-state index in [1.54, 1.807) is 44.6 Å². The highest BCUT2D eigenvalue weighted by atomic mass is 31.2. The molecule has 7 aromatic rings.